The molecule has 0 atom stereocenters. The molecule has 1 aliphatic heterocycles. The number of benzene rings is 1. The predicted molar refractivity (Wildman–Crippen MR) is 87.1 cm³/mol. The molecular formula is C17H17N3O3. The van der Waals surface area contributed by atoms with E-state index in [1.54, 1.807) is 6.92 Å². The van der Waals surface area contributed by atoms with Crippen molar-refractivity contribution in [2.24, 2.45) is 0 Å². The van der Waals surface area contributed by atoms with Crippen molar-refractivity contribution in [3.8, 4) is 0 Å². The number of anilines is 1. The van der Waals surface area contributed by atoms with E-state index in [4.69, 9.17) is 4.74 Å². The van der Waals surface area contributed by atoms with Crippen molar-refractivity contribution >= 4 is 17.2 Å². The van der Waals surface area contributed by atoms with Crippen LogP contribution in [0.5, 0.6) is 0 Å². The van der Waals surface area contributed by atoms with Crippen molar-refractivity contribution in [3.05, 3.63) is 64.5 Å². The van der Waals surface area contributed by atoms with Crippen LogP contribution in [0.4, 0.5) is 5.69 Å². The second-order valence-corrected chi connectivity index (χ2v) is 5.10. The van der Waals surface area contributed by atoms with Gasteiger partial charge >= 0.3 is 5.97 Å². The molecule has 0 saturated heterocycles. The zero-order valence-electron chi connectivity index (χ0n) is 12.8. The number of nitrogens with zero attached hydrogens (tertiary/aromatic N) is 2. The number of nitrogens with one attached hydrogen (secondary N) is 1. The molecule has 1 aromatic heterocycles. The lowest BCUT2D eigenvalue weighted by Crippen LogP contribution is -2.27. The molecule has 0 bridgehead atoms. The van der Waals surface area contributed by atoms with E-state index in [0.717, 1.165) is 11.3 Å². The monoisotopic (exact) mass is 311 g/mol. The van der Waals surface area contributed by atoms with Crippen molar-refractivity contribution in [3.63, 3.8) is 0 Å². The van der Waals surface area contributed by atoms with Crippen LogP contribution >= 0.6 is 0 Å². The highest BCUT2D eigenvalue weighted by Crippen LogP contribution is 2.23. The van der Waals surface area contributed by atoms with Crippen LogP contribution in [0.3, 0.4) is 0 Å². The van der Waals surface area contributed by atoms with E-state index in [1.807, 2.05) is 36.5 Å². The Kier molecular flexibility index (Phi) is 4.23. The van der Waals surface area contributed by atoms with Gasteiger partial charge in [0, 0.05) is 30.2 Å². The zero-order chi connectivity index (χ0) is 16.2. The van der Waals surface area contributed by atoms with E-state index in [1.165, 1.54) is 10.8 Å². The van der Waals surface area contributed by atoms with E-state index in [2.05, 4.69) is 10.3 Å². The van der Waals surface area contributed by atoms with Gasteiger partial charge in [0.15, 0.2) is 0 Å². The predicted octanol–water partition coefficient (Wildman–Crippen LogP) is 2.28. The Morgan fingerprint density at radius 3 is 2.91 bits per heavy atom. The zero-order valence-corrected chi connectivity index (χ0v) is 12.8. The van der Waals surface area contributed by atoms with Crippen molar-refractivity contribution in [2.75, 3.05) is 11.9 Å². The van der Waals surface area contributed by atoms with Crippen LogP contribution in [-0.2, 0) is 11.3 Å². The molecule has 0 spiro atoms. The normalized spacial score (nSPS) is 14.6. The summed E-state index contributed by atoms with van der Waals surface area (Å²) < 4.78 is 6.40. The lowest BCUT2D eigenvalue weighted by atomic mass is 10.2. The first-order valence-electron chi connectivity index (χ1n) is 7.48. The third kappa shape index (κ3) is 3.01. The van der Waals surface area contributed by atoms with E-state index in [9.17, 15) is 9.59 Å². The van der Waals surface area contributed by atoms with Crippen LogP contribution in [0.2, 0.25) is 0 Å². The van der Waals surface area contributed by atoms with Crippen LogP contribution < -0.4 is 10.9 Å². The average molecular weight is 311 g/mol. The van der Waals surface area contributed by atoms with Gasteiger partial charge in [0.25, 0.3) is 5.56 Å². The number of carbonyl (C=O) groups is 1. The molecule has 0 aliphatic carbocycles. The fourth-order valence-electron chi connectivity index (χ4n) is 2.49. The molecule has 3 rings (SSSR count). The summed E-state index contributed by atoms with van der Waals surface area (Å²) in [6.07, 6.45) is 3.84. The average Bonchev–Trinajstić information content (AvgIpc) is 2.98. The molecule has 1 N–H and O–H groups in total. The van der Waals surface area contributed by atoms with Crippen LogP contribution in [0.15, 0.2) is 47.5 Å². The Hall–Kier alpha value is -2.89. The highest BCUT2D eigenvalue weighted by Gasteiger charge is 2.23. The lowest BCUT2D eigenvalue weighted by molar-refractivity contribution is 0.0523. The number of fused-ring (bicyclic) bond motifs is 1. The highest BCUT2D eigenvalue weighted by molar-refractivity contribution is 5.88. The quantitative estimate of drug-likeness (QED) is 0.877. The largest absolute Gasteiger partial charge is 0.462 e. The first-order valence-corrected chi connectivity index (χ1v) is 7.48. The number of para-hydroxylation sites is 1. The fraction of sp³-hybridized carbons (Fsp3) is 0.235. The molecule has 0 amide bonds. The number of hydrogen-bond acceptors (Lipinski definition) is 5. The Bertz CT molecular complexity index is 810. The van der Waals surface area contributed by atoms with Crippen molar-refractivity contribution in [1.82, 2.24) is 9.55 Å². The van der Waals surface area contributed by atoms with Crippen molar-refractivity contribution in [1.29, 1.82) is 0 Å². The molecule has 0 fully saturated rings. The molecule has 2 aromatic rings. The first-order chi connectivity index (χ1) is 11.2. The number of carbonyl (C=O) groups excluding carboxylic acids is 1. The number of allylic oxidation sites excluding steroid dienone is 1. The molecule has 1 aliphatic rings. The highest BCUT2D eigenvalue weighted by atomic mass is 16.5. The van der Waals surface area contributed by atoms with Gasteiger partial charge in [-0.1, -0.05) is 18.2 Å². The summed E-state index contributed by atoms with van der Waals surface area (Å²) in [5.41, 5.74) is 1.52. The molecule has 1 aromatic carbocycles. The van der Waals surface area contributed by atoms with E-state index in [-0.39, 0.29) is 17.7 Å². The maximum absolute atomic E-state index is 12.4. The standard InChI is InChI=1S/C17H17N3O3/c1-2-23-17(22)14-11-19-15-12(8-9-20(15)16(14)21)10-18-13-6-4-3-5-7-13/h3-7,10-11,18H,2,8-9H2,1H3/b12-10+. The van der Waals surface area contributed by atoms with Gasteiger partial charge in [0.1, 0.15) is 11.4 Å². The van der Waals surface area contributed by atoms with E-state index in [0.29, 0.717) is 18.8 Å². The summed E-state index contributed by atoms with van der Waals surface area (Å²) >= 11 is 0. The van der Waals surface area contributed by atoms with Gasteiger partial charge in [0.2, 0.25) is 0 Å². The fourth-order valence-corrected chi connectivity index (χ4v) is 2.49. The smallest absolute Gasteiger partial charge is 0.345 e. The topological polar surface area (TPSA) is 73.2 Å². The minimum atomic E-state index is -0.625. The van der Waals surface area contributed by atoms with Gasteiger partial charge in [-0.3, -0.25) is 9.36 Å². The minimum Gasteiger partial charge on any atom is -0.462 e. The third-order valence-corrected chi connectivity index (χ3v) is 3.62. The summed E-state index contributed by atoms with van der Waals surface area (Å²) in [4.78, 5) is 28.4. The second-order valence-electron chi connectivity index (χ2n) is 5.10. The van der Waals surface area contributed by atoms with Crippen LogP contribution in [0.25, 0.3) is 5.57 Å². The molecular weight excluding hydrogens is 294 g/mol. The molecule has 6 nitrogen and oxygen atoms in total. The third-order valence-electron chi connectivity index (χ3n) is 3.62. The molecule has 2 heterocycles. The maximum Gasteiger partial charge on any atom is 0.345 e. The Morgan fingerprint density at radius 2 is 2.17 bits per heavy atom. The van der Waals surface area contributed by atoms with Gasteiger partial charge in [0.05, 0.1) is 6.61 Å². The van der Waals surface area contributed by atoms with Gasteiger partial charge in [-0.15, -0.1) is 0 Å². The second kappa shape index (κ2) is 6.48. The Morgan fingerprint density at radius 1 is 1.39 bits per heavy atom. The van der Waals surface area contributed by atoms with Crippen molar-refractivity contribution in [2.45, 2.75) is 19.9 Å². The van der Waals surface area contributed by atoms with E-state index < -0.39 is 5.97 Å². The van der Waals surface area contributed by atoms with Crippen LogP contribution in [0, 0.1) is 0 Å². The van der Waals surface area contributed by atoms with E-state index >= 15 is 0 Å². The molecule has 0 saturated carbocycles. The number of ether oxygens (including phenoxy) is 1. The lowest BCUT2D eigenvalue weighted by Gasteiger charge is -2.06. The summed E-state index contributed by atoms with van der Waals surface area (Å²) in [5, 5.41) is 3.20. The van der Waals surface area contributed by atoms with Crippen LogP contribution in [-0.4, -0.2) is 22.1 Å². The molecule has 23 heavy (non-hydrogen) atoms. The van der Waals surface area contributed by atoms with Gasteiger partial charge < -0.3 is 10.1 Å². The van der Waals surface area contributed by atoms with Gasteiger partial charge in [-0.05, 0) is 25.5 Å². The Labute approximate surface area is 133 Å². The maximum atomic E-state index is 12.4. The summed E-state index contributed by atoms with van der Waals surface area (Å²) in [5.74, 6) is -0.0355. The van der Waals surface area contributed by atoms with Crippen LogP contribution in [0.1, 0.15) is 29.5 Å². The minimum absolute atomic E-state index is 0.0205. The number of rotatable bonds is 4. The van der Waals surface area contributed by atoms with Crippen molar-refractivity contribution < 1.29 is 9.53 Å². The molecule has 0 unspecified atom stereocenters. The summed E-state index contributed by atoms with van der Waals surface area (Å²) in [7, 11) is 0. The molecule has 6 heteroatoms. The Balaban J connectivity index is 1.88. The summed E-state index contributed by atoms with van der Waals surface area (Å²) in [6.45, 7) is 2.44. The number of hydrogen-bond donors (Lipinski definition) is 1. The first kappa shape index (κ1) is 15.0. The molecule has 118 valence electrons. The van der Waals surface area contributed by atoms with Gasteiger partial charge in [-0.25, -0.2) is 9.78 Å². The number of esters is 1. The van der Waals surface area contributed by atoms with Gasteiger partial charge in [-0.2, -0.15) is 0 Å². The summed E-state index contributed by atoms with van der Waals surface area (Å²) in [6, 6.07) is 9.74. The SMILES string of the molecule is CCOC(=O)c1cnc2n(c1=O)CC/C2=C\Nc1ccccc1. The number of aromatic nitrogens is 2. The molecule has 0 radical (unpaired) electrons.